The molecule has 26 heavy (non-hydrogen) atoms. The van der Waals surface area contributed by atoms with Gasteiger partial charge in [-0.05, 0) is 25.7 Å². The molecule has 0 spiro atoms. The predicted octanol–water partition coefficient (Wildman–Crippen LogP) is 3.02. The van der Waals surface area contributed by atoms with Crippen molar-refractivity contribution in [2.75, 3.05) is 26.8 Å². The van der Waals surface area contributed by atoms with Gasteiger partial charge in [0.15, 0.2) is 0 Å². The number of nitrogens with zero attached hydrogens (tertiary/aromatic N) is 1. The van der Waals surface area contributed by atoms with Crippen LogP contribution in [0.25, 0.3) is 0 Å². The van der Waals surface area contributed by atoms with Gasteiger partial charge < -0.3 is 19.7 Å². The van der Waals surface area contributed by atoms with Gasteiger partial charge >= 0.3 is 12.1 Å². The number of likely N-dealkylation sites (tertiary alicyclic amines) is 1. The first-order chi connectivity index (χ1) is 12.6. The standard InChI is InChI=1S/C19H34N2O5/c1-3-4-8-13-20-19(24)26-15-16-11-12-17(22)21(16)14-9-6-5-7-10-18(23)25-2/h16H,3-15H2,1-2H3,(H,20,24)/t16-/m1/s1. The molecule has 0 unspecified atom stereocenters. The van der Waals surface area contributed by atoms with Gasteiger partial charge in [0, 0.05) is 25.9 Å². The van der Waals surface area contributed by atoms with Crippen LogP contribution < -0.4 is 5.32 Å². The molecule has 150 valence electrons. The molecule has 0 aliphatic carbocycles. The number of nitrogens with one attached hydrogen (secondary N) is 1. The highest BCUT2D eigenvalue weighted by atomic mass is 16.5. The Bertz CT molecular complexity index is 442. The number of ether oxygens (including phenoxy) is 2. The monoisotopic (exact) mass is 370 g/mol. The summed E-state index contributed by atoms with van der Waals surface area (Å²) in [6, 6.07) is -0.0149. The highest BCUT2D eigenvalue weighted by Gasteiger charge is 2.31. The van der Waals surface area contributed by atoms with Crippen LogP contribution in [-0.4, -0.2) is 55.7 Å². The molecule has 1 fully saturated rings. The third-order valence-corrected chi connectivity index (χ3v) is 4.67. The molecule has 1 saturated heterocycles. The van der Waals surface area contributed by atoms with Gasteiger partial charge in [0.05, 0.1) is 13.2 Å². The van der Waals surface area contributed by atoms with E-state index in [1.807, 2.05) is 4.90 Å². The van der Waals surface area contributed by atoms with Crippen molar-refractivity contribution in [3.63, 3.8) is 0 Å². The first-order valence-corrected chi connectivity index (χ1v) is 9.85. The van der Waals surface area contributed by atoms with Crippen LogP contribution in [0, 0.1) is 0 Å². The van der Waals surface area contributed by atoms with Crippen molar-refractivity contribution in [3.8, 4) is 0 Å². The van der Waals surface area contributed by atoms with E-state index in [4.69, 9.17) is 4.74 Å². The average molecular weight is 370 g/mol. The van der Waals surface area contributed by atoms with Crippen molar-refractivity contribution in [1.29, 1.82) is 0 Å². The lowest BCUT2D eigenvalue weighted by molar-refractivity contribution is -0.140. The van der Waals surface area contributed by atoms with E-state index in [-0.39, 0.29) is 24.5 Å². The summed E-state index contributed by atoms with van der Waals surface area (Å²) >= 11 is 0. The van der Waals surface area contributed by atoms with E-state index in [0.29, 0.717) is 25.9 Å². The second-order valence-electron chi connectivity index (χ2n) is 6.75. The van der Waals surface area contributed by atoms with Crippen molar-refractivity contribution in [2.45, 2.75) is 77.2 Å². The second-order valence-corrected chi connectivity index (χ2v) is 6.75. The van der Waals surface area contributed by atoms with Crippen molar-refractivity contribution in [2.24, 2.45) is 0 Å². The summed E-state index contributed by atoms with van der Waals surface area (Å²) in [5.41, 5.74) is 0. The number of rotatable bonds is 13. The molecule has 7 heteroatoms. The topological polar surface area (TPSA) is 84.9 Å². The highest BCUT2D eigenvalue weighted by molar-refractivity contribution is 5.78. The van der Waals surface area contributed by atoms with Crippen LogP contribution in [0.5, 0.6) is 0 Å². The van der Waals surface area contributed by atoms with E-state index in [1.54, 1.807) is 0 Å². The number of carbonyl (C=O) groups is 3. The summed E-state index contributed by atoms with van der Waals surface area (Å²) in [5, 5.41) is 2.75. The lowest BCUT2D eigenvalue weighted by atomic mass is 10.1. The fraction of sp³-hybridized carbons (Fsp3) is 0.842. The predicted molar refractivity (Wildman–Crippen MR) is 98.7 cm³/mol. The second kappa shape index (κ2) is 13.4. The average Bonchev–Trinajstić information content (AvgIpc) is 2.99. The van der Waals surface area contributed by atoms with Gasteiger partial charge in [0.25, 0.3) is 0 Å². The van der Waals surface area contributed by atoms with Crippen LogP contribution in [0.4, 0.5) is 4.79 Å². The van der Waals surface area contributed by atoms with E-state index in [0.717, 1.165) is 51.4 Å². The maximum absolute atomic E-state index is 12.0. The molecule has 0 bridgehead atoms. The minimum atomic E-state index is -0.400. The fourth-order valence-corrected chi connectivity index (χ4v) is 3.07. The first kappa shape index (κ1) is 22.3. The summed E-state index contributed by atoms with van der Waals surface area (Å²) in [6.07, 6.45) is 8.08. The highest BCUT2D eigenvalue weighted by Crippen LogP contribution is 2.20. The van der Waals surface area contributed by atoms with Crippen LogP contribution >= 0.6 is 0 Å². The van der Waals surface area contributed by atoms with Crippen LogP contribution in [0.15, 0.2) is 0 Å². The molecule has 1 N–H and O–H groups in total. The summed E-state index contributed by atoms with van der Waals surface area (Å²) in [7, 11) is 1.40. The molecule has 0 aromatic heterocycles. The quantitative estimate of drug-likeness (QED) is 0.398. The molecular weight excluding hydrogens is 336 g/mol. The number of alkyl carbamates (subject to hydrolysis) is 1. The largest absolute Gasteiger partial charge is 0.469 e. The Morgan fingerprint density at radius 2 is 1.92 bits per heavy atom. The summed E-state index contributed by atoms with van der Waals surface area (Å²) < 4.78 is 9.88. The van der Waals surface area contributed by atoms with Gasteiger partial charge in [-0.25, -0.2) is 4.79 Å². The molecule has 0 aromatic rings. The molecule has 2 amide bonds. The Morgan fingerprint density at radius 3 is 2.65 bits per heavy atom. The lowest BCUT2D eigenvalue weighted by Gasteiger charge is -2.24. The van der Waals surface area contributed by atoms with Crippen molar-refractivity contribution < 1.29 is 23.9 Å². The normalized spacial score (nSPS) is 16.6. The zero-order chi connectivity index (χ0) is 19.2. The fourth-order valence-electron chi connectivity index (χ4n) is 3.07. The van der Waals surface area contributed by atoms with Crippen molar-refractivity contribution >= 4 is 18.0 Å². The van der Waals surface area contributed by atoms with Crippen LogP contribution in [0.3, 0.4) is 0 Å². The Hall–Kier alpha value is -1.79. The zero-order valence-electron chi connectivity index (χ0n) is 16.3. The van der Waals surface area contributed by atoms with Gasteiger partial charge in [-0.15, -0.1) is 0 Å². The van der Waals surface area contributed by atoms with Gasteiger partial charge in [-0.3, -0.25) is 9.59 Å². The number of carbonyl (C=O) groups excluding carboxylic acids is 3. The number of hydrogen-bond acceptors (Lipinski definition) is 5. The van der Waals surface area contributed by atoms with E-state index in [2.05, 4.69) is 17.0 Å². The van der Waals surface area contributed by atoms with Crippen molar-refractivity contribution in [1.82, 2.24) is 10.2 Å². The number of methoxy groups -OCH3 is 1. The van der Waals surface area contributed by atoms with Gasteiger partial charge in [-0.1, -0.05) is 32.6 Å². The molecule has 0 aromatic carbocycles. The van der Waals surface area contributed by atoms with E-state index in [1.165, 1.54) is 7.11 Å². The maximum atomic E-state index is 12.0. The zero-order valence-corrected chi connectivity index (χ0v) is 16.3. The molecule has 0 radical (unpaired) electrons. The molecule has 1 atom stereocenters. The minimum Gasteiger partial charge on any atom is -0.469 e. The van der Waals surface area contributed by atoms with Crippen LogP contribution in [-0.2, 0) is 19.1 Å². The molecular formula is C19H34N2O5. The van der Waals surface area contributed by atoms with Crippen LogP contribution in [0.1, 0.15) is 71.1 Å². The number of hydrogen-bond donors (Lipinski definition) is 1. The summed E-state index contributed by atoms with van der Waals surface area (Å²) in [6.45, 7) is 3.69. The summed E-state index contributed by atoms with van der Waals surface area (Å²) in [5.74, 6) is -0.0404. The molecule has 1 heterocycles. The molecule has 1 aliphatic heterocycles. The molecule has 1 rings (SSSR count). The lowest BCUT2D eigenvalue weighted by Crippen LogP contribution is -2.38. The Labute approximate surface area is 156 Å². The van der Waals surface area contributed by atoms with Gasteiger partial charge in [-0.2, -0.15) is 0 Å². The summed E-state index contributed by atoms with van der Waals surface area (Å²) in [4.78, 5) is 36.6. The molecule has 7 nitrogen and oxygen atoms in total. The SMILES string of the molecule is CCCCCNC(=O)OC[C@H]1CCC(=O)N1CCCCCCC(=O)OC. The molecule has 1 aliphatic rings. The number of unbranched alkanes of at least 4 members (excludes halogenated alkanes) is 5. The third kappa shape index (κ3) is 9.06. The third-order valence-electron chi connectivity index (χ3n) is 4.67. The maximum Gasteiger partial charge on any atom is 0.407 e. The van der Waals surface area contributed by atoms with Gasteiger partial charge in [0.1, 0.15) is 6.61 Å². The first-order valence-electron chi connectivity index (χ1n) is 9.85. The number of esters is 1. The van der Waals surface area contributed by atoms with E-state index in [9.17, 15) is 14.4 Å². The smallest absolute Gasteiger partial charge is 0.407 e. The Kier molecular flexibility index (Phi) is 11.5. The minimum absolute atomic E-state index is 0.0149. The number of amides is 2. The van der Waals surface area contributed by atoms with Gasteiger partial charge in [0.2, 0.25) is 5.91 Å². The molecule has 0 saturated carbocycles. The van der Waals surface area contributed by atoms with Crippen LogP contribution in [0.2, 0.25) is 0 Å². The van der Waals surface area contributed by atoms with E-state index >= 15 is 0 Å². The van der Waals surface area contributed by atoms with Crippen molar-refractivity contribution in [3.05, 3.63) is 0 Å². The van der Waals surface area contributed by atoms with E-state index < -0.39 is 6.09 Å². The Balaban J connectivity index is 2.17. The Morgan fingerprint density at radius 1 is 1.15 bits per heavy atom.